The van der Waals surface area contributed by atoms with Gasteiger partial charge < -0.3 is 10.1 Å². The quantitative estimate of drug-likeness (QED) is 0.670. The number of fused-ring (bicyclic) bond motifs is 3. The van der Waals surface area contributed by atoms with E-state index in [0.29, 0.717) is 33.8 Å². The van der Waals surface area contributed by atoms with Crippen molar-refractivity contribution in [1.29, 1.82) is 0 Å². The summed E-state index contributed by atoms with van der Waals surface area (Å²) in [7, 11) is -2.09. The molecule has 0 spiro atoms. The molecular weight excluding hydrogens is 400 g/mol. The SMILES string of the molecule is CC(C)Oc1cccc(NC(=O)c2ccc3c(c2)-c2ccccc2S(=O)(=O)N3C)c1. The van der Waals surface area contributed by atoms with Gasteiger partial charge in [-0.3, -0.25) is 9.10 Å². The highest BCUT2D eigenvalue weighted by molar-refractivity contribution is 7.93. The number of ether oxygens (including phenoxy) is 1. The van der Waals surface area contributed by atoms with E-state index in [2.05, 4.69) is 5.32 Å². The lowest BCUT2D eigenvalue weighted by molar-refractivity contribution is 0.102. The number of benzene rings is 3. The zero-order valence-corrected chi connectivity index (χ0v) is 17.7. The highest BCUT2D eigenvalue weighted by Crippen LogP contribution is 2.42. The van der Waals surface area contributed by atoms with Crippen molar-refractivity contribution in [2.75, 3.05) is 16.7 Å². The van der Waals surface area contributed by atoms with E-state index < -0.39 is 10.0 Å². The molecule has 0 radical (unpaired) electrons. The molecule has 4 rings (SSSR count). The number of nitrogens with zero attached hydrogens (tertiary/aromatic N) is 1. The highest BCUT2D eigenvalue weighted by atomic mass is 32.2. The van der Waals surface area contributed by atoms with E-state index in [1.54, 1.807) is 54.6 Å². The summed E-state index contributed by atoms with van der Waals surface area (Å²) in [5, 5.41) is 2.88. The Morgan fingerprint density at radius 3 is 2.50 bits per heavy atom. The molecule has 1 aliphatic heterocycles. The smallest absolute Gasteiger partial charge is 0.264 e. The third kappa shape index (κ3) is 3.52. The van der Waals surface area contributed by atoms with Crippen LogP contribution in [-0.2, 0) is 10.0 Å². The monoisotopic (exact) mass is 422 g/mol. The Balaban J connectivity index is 1.68. The Morgan fingerprint density at radius 2 is 1.73 bits per heavy atom. The van der Waals surface area contributed by atoms with Crippen LogP contribution in [0.3, 0.4) is 0 Å². The molecule has 0 bridgehead atoms. The first-order valence-corrected chi connectivity index (χ1v) is 11.0. The molecule has 0 atom stereocenters. The molecule has 0 aromatic heterocycles. The lowest BCUT2D eigenvalue weighted by Crippen LogP contribution is -2.30. The minimum Gasteiger partial charge on any atom is -0.491 e. The maximum Gasteiger partial charge on any atom is 0.264 e. The van der Waals surface area contributed by atoms with E-state index in [1.807, 2.05) is 26.0 Å². The second-order valence-electron chi connectivity index (χ2n) is 7.35. The van der Waals surface area contributed by atoms with Crippen LogP contribution in [0.15, 0.2) is 71.6 Å². The molecule has 0 aliphatic carbocycles. The molecule has 6 nitrogen and oxygen atoms in total. The molecule has 1 N–H and O–H groups in total. The van der Waals surface area contributed by atoms with Crippen molar-refractivity contribution in [3.05, 3.63) is 72.3 Å². The van der Waals surface area contributed by atoms with Gasteiger partial charge in [0.15, 0.2) is 0 Å². The third-order valence-corrected chi connectivity index (χ3v) is 6.71. The number of hydrogen-bond donors (Lipinski definition) is 1. The predicted molar refractivity (Wildman–Crippen MR) is 118 cm³/mol. The highest BCUT2D eigenvalue weighted by Gasteiger charge is 2.32. The largest absolute Gasteiger partial charge is 0.491 e. The molecular formula is C23H22N2O4S. The topological polar surface area (TPSA) is 75.7 Å². The Labute approximate surface area is 176 Å². The van der Waals surface area contributed by atoms with Gasteiger partial charge in [-0.05, 0) is 50.2 Å². The van der Waals surface area contributed by atoms with Gasteiger partial charge >= 0.3 is 0 Å². The Kier molecular flexibility index (Phi) is 4.99. The molecule has 0 unspecified atom stereocenters. The minimum absolute atomic E-state index is 0.0323. The van der Waals surface area contributed by atoms with Crippen LogP contribution < -0.4 is 14.4 Å². The number of carbonyl (C=O) groups excluding carboxylic acids is 1. The normalized spacial score (nSPS) is 14.1. The maximum atomic E-state index is 12.9. The fourth-order valence-electron chi connectivity index (χ4n) is 3.48. The van der Waals surface area contributed by atoms with Gasteiger partial charge in [0.2, 0.25) is 0 Å². The van der Waals surface area contributed by atoms with Gasteiger partial charge in [-0.25, -0.2) is 8.42 Å². The number of hydrogen-bond acceptors (Lipinski definition) is 4. The fraction of sp³-hybridized carbons (Fsp3) is 0.174. The summed E-state index contributed by atoms with van der Waals surface area (Å²) in [4.78, 5) is 13.1. The molecule has 154 valence electrons. The third-order valence-electron chi connectivity index (χ3n) is 4.88. The molecule has 0 saturated carbocycles. The number of carbonyl (C=O) groups is 1. The summed E-state index contributed by atoms with van der Waals surface area (Å²) < 4.78 is 32.5. The van der Waals surface area contributed by atoms with Gasteiger partial charge in [-0.15, -0.1) is 0 Å². The zero-order chi connectivity index (χ0) is 21.5. The molecule has 0 saturated heterocycles. The number of amides is 1. The lowest BCUT2D eigenvalue weighted by Gasteiger charge is -2.29. The molecule has 1 heterocycles. The number of sulfonamides is 1. The summed E-state index contributed by atoms with van der Waals surface area (Å²) in [6.07, 6.45) is 0.0323. The molecule has 1 amide bonds. The molecule has 3 aromatic rings. The molecule has 3 aromatic carbocycles. The van der Waals surface area contributed by atoms with Crippen molar-refractivity contribution in [2.45, 2.75) is 24.8 Å². The first-order valence-electron chi connectivity index (χ1n) is 9.58. The van der Waals surface area contributed by atoms with Crippen LogP contribution in [0.25, 0.3) is 11.1 Å². The van der Waals surface area contributed by atoms with Crippen molar-refractivity contribution < 1.29 is 17.9 Å². The van der Waals surface area contributed by atoms with Crippen molar-refractivity contribution in [3.8, 4) is 16.9 Å². The summed E-state index contributed by atoms with van der Waals surface area (Å²) in [6.45, 7) is 3.88. The van der Waals surface area contributed by atoms with E-state index >= 15 is 0 Å². The van der Waals surface area contributed by atoms with E-state index in [-0.39, 0.29) is 16.9 Å². The predicted octanol–water partition coefficient (Wildman–Crippen LogP) is 4.53. The van der Waals surface area contributed by atoms with Gasteiger partial charge in [-0.2, -0.15) is 0 Å². The Morgan fingerprint density at radius 1 is 0.967 bits per heavy atom. The van der Waals surface area contributed by atoms with E-state index in [4.69, 9.17) is 4.74 Å². The second-order valence-corrected chi connectivity index (χ2v) is 9.29. The Hall–Kier alpha value is -3.32. The van der Waals surface area contributed by atoms with Gasteiger partial charge in [0.25, 0.3) is 15.9 Å². The van der Waals surface area contributed by atoms with Crippen molar-refractivity contribution in [1.82, 2.24) is 0 Å². The van der Waals surface area contributed by atoms with Crippen LogP contribution in [0, 0.1) is 0 Å². The van der Waals surface area contributed by atoms with Crippen molar-refractivity contribution in [2.24, 2.45) is 0 Å². The standard InChI is InChI=1S/C23H22N2O4S/c1-15(2)29-18-8-6-7-17(14-18)24-23(26)16-11-12-21-20(13-16)19-9-4-5-10-22(19)30(27,28)25(21)3/h4-15H,1-3H3,(H,24,26). The van der Waals surface area contributed by atoms with E-state index in [0.717, 1.165) is 0 Å². The van der Waals surface area contributed by atoms with E-state index in [1.165, 1.54) is 11.4 Å². The van der Waals surface area contributed by atoms with Gasteiger partial charge in [0.1, 0.15) is 5.75 Å². The summed E-state index contributed by atoms with van der Waals surface area (Å²) in [5.74, 6) is 0.391. The minimum atomic E-state index is -3.61. The second kappa shape index (κ2) is 7.50. The average Bonchev–Trinajstić information content (AvgIpc) is 2.72. The van der Waals surface area contributed by atoms with E-state index in [9.17, 15) is 13.2 Å². The fourth-order valence-corrected chi connectivity index (χ4v) is 4.90. The number of nitrogens with one attached hydrogen (secondary N) is 1. The molecule has 1 aliphatic rings. The van der Waals surface area contributed by atoms with Crippen LogP contribution >= 0.6 is 0 Å². The van der Waals surface area contributed by atoms with Gasteiger partial charge in [0.05, 0.1) is 16.7 Å². The maximum absolute atomic E-state index is 12.9. The molecule has 30 heavy (non-hydrogen) atoms. The van der Waals surface area contributed by atoms with Gasteiger partial charge in [0, 0.05) is 35.5 Å². The number of rotatable bonds is 4. The van der Waals surface area contributed by atoms with Gasteiger partial charge in [-0.1, -0.05) is 24.3 Å². The average molecular weight is 423 g/mol. The van der Waals surface area contributed by atoms with Crippen molar-refractivity contribution in [3.63, 3.8) is 0 Å². The number of anilines is 2. The summed E-state index contributed by atoms with van der Waals surface area (Å²) in [6, 6.07) is 19.0. The molecule has 0 fully saturated rings. The summed E-state index contributed by atoms with van der Waals surface area (Å²) >= 11 is 0. The Bertz CT molecular complexity index is 1240. The first-order chi connectivity index (χ1) is 14.3. The van der Waals surface area contributed by atoms with Crippen LogP contribution in [0.1, 0.15) is 24.2 Å². The van der Waals surface area contributed by atoms with Crippen LogP contribution in [0.5, 0.6) is 5.75 Å². The molecule has 7 heteroatoms. The lowest BCUT2D eigenvalue weighted by atomic mass is 10.00. The van der Waals surface area contributed by atoms with Crippen LogP contribution in [-0.4, -0.2) is 27.5 Å². The van der Waals surface area contributed by atoms with Crippen molar-refractivity contribution >= 4 is 27.3 Å². The first kappa shape index (κ1) is 20.0. The summed E-state index contributed by atoms with van der Waals surface area (Å²) in [5.41, 5.74) is 2.89. The van der Waals surface area contributed by atoms with Crippen LogP contribution in [0.4, 0.5) is 11.4 Å². The van der Waals surface area contributed by atoms with Crippen LogP contribution in [0.2, 0.25) is 0 Å². The zero-order valence-electron chi connectivity index (χ0n) is 16.9.